The molecule has 0 saturated heterocycles. The highest BCUT2D eigenvalue weighted by molar-refractivity contribution is 9.10. The number of hydrogen-bond donors (Lipinski definition) is 0. The van der Waals surface area contributed by atoms with Gasteiger partial charge in [0.2, 0.25) is 0 Å². The van der Waals surface area contributed by atoms with Crippen LogP contribution in [0.2, 0.25) is 0 Å². The molecule has 0 radical (unpaired) electrons. The van der Waals surface area contributed by atoms with Crippen molar-refractivity contribution >= 4 is 31.9 Å². The third-order valence-corrected chi connectivity index (χ3v) is 2.30. The molecule has 1 heterocycles. The fourth-order valence-electron chi connectivity index (χ4n) is 0.827. The molecular weight excluding hydrogens is 272 g/mol. The quantitative estimate of drug-likeness (QED) is 0.769. The van der Waals surface area contributed by atoms with E-state index in [4.69, 9.17) is 4.42 Å². The molecule has 1 unspecified atom stereocenters. The number of furan rings is 1. The van der Waals surface area contributed by atoms with Gasteiger partial charge in [0.15, 0.2) is 4.67 Å². The summed E-state index contributed by atoms with van der Waals surface area (Å²) in [5, 5.41) is 0. The molecule has 1 rings (SSSR count). The molecule has 0 aliphatic heterocycles. The fraction of sp³-hybridized carbons (Fsp3) is 0.500. The van der Waals surface area contributed by atoms with Crippen LogP contribution in [-0.4, -0.2) is 4.83 Å². The van der Waals surface area contributed by atoms with Crippen molar-refractivity contribution in [3.63, 3.8) is 0 Å². The molecule has 3 heteroatoms. The van der Waals surface area contributed by atoms with Gasteiger partial charge in [-0.15, -0.1) is 0 Å². The third-order valence-electron chi connectivity index (χ3n) is 1.42. The van der Waals surface area contributed by atoms with E-state index in [0.29, 0.717) is 4.83 Å². The summed E-state index contributed by atoms with van der Waals surface area (Å²) in [6, 6.07) is 3.92. The van der Waals surface area contributed by atoms with Gasteiger partial charge in [-0.3, -0.25) is 0 Å². The number of halogens is 2. The van der Waals surface area contributed by atoms with Crippen LogP contribution in [-0.2, 0) is 6.42 Å². The zero-order valence-corrected chi connectivity index (χ0v) is 9.48. The van der Waals surface area contributed by atoms with Crippen LogP contribution in [0.1, 0.15) is 19.1 Å². The number of rotatable bonds is 3. The Morgan fingerprint density at radius 2 is 2.27 bits per heavy atom. The number of aryl methyl sites for hydroxylation is 1. The maximum atomic E-state index is 5.33. The van der Waals surface area contributed by atoms with E-state index in [2.05, 4.69) is 38.8 Å². The predicted molar refractivity (Wildman–Crippen MR) is 53.1 cm³/mol. The molecule has 0 saturated carbocycles. The van der Waals surface area contributed by atoms with E-state index in [9.17, 15) is 0 Å². The molecule has 0 N–H and O–H groups in total. The van der Waals surface area contributed by atoms with E-state index in [1.165, 1.54) is 0 Å². The molecule has 1 aromatic rings. The second-order valence-electron chi connectivity index (χ2n) is 2.53. The van der Waals surface area contributed by atoms with Gasteiger partial charge in [-0.1, -0.05) is 22.9 Å². The van der Waals surface area contributed by atoms with Crippen LogP contribution in [0.4, 0.5) is 0 Å². The van der Waals surface area contributed by atoms with Crippen LogP contribution < -0.4 is 0 Å². The lowest BCUT2D eigenvalue weighted by Crippen LogP contribution is -1.92. The highest BCUT2D eigenvalue weighted by atomic mass is 79.9. The Hall–Kier alpha value is 0.240. The van der Waals surface area contributed by atoms with Gasteiger partial charge in [-0.2, -0.15) is 0 Å². The summed E-state index contributed by atoms with van der Waals surface area (Å²) in [7, 11) is 0. The van der Waals surface area contributed by atoms with Gasteiger partial charge in [0.1, 0.15) is 5.76 Å². The van der Waals surface area contributed by atoms with Crippen LogP contribution in [0.3, 0.4) is 0 Å². The molecule has 62 valence electrons. The van der Waals surface area contributed by atoms with Crippen molar-refractivity contribution in [3.05, 3.63) is 22.6 Å². The lowest BCUT2D eigenvalue weighted by Gasteiger charge is -1.98. The van der Waals surface area contributed by atoms with Gasteiger partial charge < -0.3 is 4.42 Å². The minimum absolute atomic E-state index is 0.561. The van der Waals surface area contributed by atoms with E-state index in [1.54, 1.807) is 0 Å². The topological polar surface area (TPSA) is 13.1 Å². The Kier molecular flexibility index (Phi) is 3.66. The SMILES string of the molecule is CC(Br)CCc1ccc(Br)o1. The molecule has 0 aliphatic rings. The first-order chi connectivity index (χ1) is 5.18. The Morgan fingerprint density at radius 1 is 1.55 bits per heavy atom. The fourth-order valence-corrected chi connectivity index (χ4v) is 1.40. The average molecular weight is 282 g/mol. The second kappa shape index (κ2) is 4.31. The van der Waals surface area contributed by atoms with Crippen molar-refractivity contribution < 1.29 is 4.42 Å². The number of alkyl halides is 1. The van der Waals surface area contributed by atoms with E-state index >= 15 is 0 Å². The standard InChI is InChI=1S/C8H10Br2O/c1-6(9)2-3-7-4-5-8(10)11-7/h4-6H,2-3H2,1H3. The molecule has 0 aliphatic carbocycles. The van der Waals surface area contributed by atoms with E-state index in [-0.39, 0.29) is 0 Å². The molecule has 0 fully saturated rings. The van der Waals surface area contributed by atoms with E-state index in [0.717, 1.165) is 23.3 Å². The van der Waals surface area contributed by atoms with Crippen LogP contribution in [0.25, 0.3) is 0 Å². The summed E-state index contributed by atoms with van der Waals surface area (Å²) >= 11 is 6.75. The summed E-state index contributed by atoms with van der Waals surface area (Å²) in [5.41, 5.74) is 0. The molecule has 0 spiro atoms. The van der Waals surface area contributed by atoms with Gasteiger partial charge in [0, 0.05) is 11.2 Å². The Balaban J connectivity index is 2.39. The highest BCUT2D eigenvalue weighted by Crippen LogP contribution is 2.17. The molecule has 1 atom stereocenters. The second-order valence-corrected chi connectivity index (χ2v) is 4.87. The van der Waals surface area contributed by atoms with Crippen molar-refractivity contribution in [1.82, 2.24) is 0 Å². The van der Waals surface area contributed by atoms with Crippen LogP contribution in [0, 0.1) is 0 Å². The van der Waals surface area contributed by atoms with Gasteiger partial charge in [-0.05, 0) is 34.5 Å². The monoisotopic (exact) mass is 280 g/mol. The lowest BCUT2D eigenvalue weighted by atomic mass is 10.2. The van der Waals surface area contributed by atoms with Crippen LogP contribution >= 0.6 is 31.9 Å². The van der Waals surface area contributed by atoms with Crippen LogP contribution in [0.15, 0.2) is 21.2 Å². The maximum absolute atomic E-state index is 5.33. The first-order valence-corrected chi connectivity index (χ1v) is 5.27. The van der Waals surface area contributed by atoms with Gasteiger partial charge >= 0.3 is 0 Å². The summed E-state index contributed by atoms with van der Waals surface area (Å²) in [6.07, 6.45) is 2.11. The van der Waals surface area contributed by atoms with Gasteiger partial charge in [-0.25, -0.2) is 0 Å². The van der Waals surface area contributed by atoms with Gasteiger partial charge in [0.25, 0.3) is 0 Å². The first kappa shape index (κ1) is 9.33. The molecule has 11 heavy (non-hydrogen) atoms. The molecule has 0 amide bonds. The average Bonchev–Trinajstić information content (AvgIpc) is 2.31. The molecular formula is C8H10Br2O. The van der Waals surface area contributed by atoms with Crippen molar-refractivity contribution in [2.45, 2.75) is 24.6 Å². The molecule has 1 nitrogen and oxygen atoms in total. The van der Waals surface area contributed by atoms with Crippen molar-refractivity contribution in [2.24, 2.45) is 0 Å². The van der Waals surface area contributed by atoms with E-state index in [1.807, 2.05) is 12.1 Å². The van der Waals surface area contributed by atoms with Crippen LogP contribution in [0.5, 0.6) is 0 Å². The summed E-state index contributed by atoms with van der Waals surface area (Å²) < 4.78 is 6.14. The molecule has 0 aromatic carbocycles. The summed E-state index contributed by atoms with van der Waals surface area (Å²) in [6.45, 7) is 2.14. The third kappa shape index (κ3) is 3.43. The van der Waals surface area contributed by atoms with E-state index < -0.39 is 0 Å². The Bertz CT molecular complexity index is 218. The van der Waals surface area contributed by atoms with Crippen molar-refractivity contribution in [2.75, 3.05) is 0 Å². The lowest BCUT2D eigenvalue weighted by molar-refractivity contribution is 0.482. The Morgan fingerprint density at radius 3 is 2.73 bits per heavy atom. The van der Waals surface area contributed by atoms with Crippen molar-refractivity contribution in [3.8, 4) is 0 Å². The highest BCUT2D eigenvalue weighted by Gasteiger charge is 2.01. The minimum atomic E-state index is 0.561. The smallest absolute Gasteiger partial charge is 0.169 e. The summed E-state index contributed by atoms with van der Waals surface area (Å²) in [5.74, 6) is 1.04. The molecule has 0 bridgehead atoms. The normalized spacial score (nSPS) is 13.4. The zero-order chi connectivity index (χ0) is 8.27. The predicted octanol–water partition coefficient (Wildman–Crippen LogP) is 3.76. The Labute approximate surface area is 83.4 Å². The largest absolute Gasteiger partial charge is 0.454 e. The van der Waals surface area contributed by atoms with Gasteiger partial charge in [0.05, 0.1) is 0 Å². The maximum Gasteiger partial charge on any atom is 0.169 e. The minimum Gasteiger partial charge on any atom is -0.454 e. The molecule has 1 aromatic heterocycles. The number of hydrogen-bond acceptors (Lipinski definition) is 1. The zero-order valence-electron chi connectivity index (χ0n) is 6.31. The first-order valence-electron chi connectivity index (χ1n) is 3.57. The summed E-state index contributed by atoms with van der Waals surface area (Å²) in [4.78, 5) is 0.561. The van der Waals surface area contributed by atoms with Crippen molar-refractivity contribution in [1.29, 1.82) is 0 Å².